The first-order valence-corrected chi connectivity index (χ1v) is 6.75. The second-order valence-electron chi connectivity index (χ2n) is 5.08. The molecule has 102 valence electrons. The van der Waals surface area contributed by atoms with E-state index in [0.717, 1.165) is 44.1 Å². The molecule has 1 aliphatic heterocycles. The molecule has 1 saturated heterocycles. The second-order valence-corrected chi connectivity index (χ2v) is 5.08. The molecule has 0 saturated carbocycles. The van der Waals surface area contributed by atoms with Gasteiger partial charge in [-0.05, 0) is 19.2 Å². The van der Waals surface area contributed by atoms with Crippen molar-refractivity contribution in [2.45, 2.75) is 12.6 Å². The third-order valence-electron chi connectivity index (χ3n) is 3.43. The number of aromatic nitrogens is 2. The summed E-state index contributed by atoms with van der Waals surface area (Å²) in [4.78, 5) is 6.87. The number of rotatable bonds is 4. The highest BCUT2D eigenvalue weighted by atomic mass is 16.5. The Morgan fingerprint density at radius 2 is 2.42 bits per heavy atom. The van der Waals surface area contributed by atoms with Gasteiger partial charge >= 0.3 is 0 Å². The lowest BCUT2D eigenvalue weighted by Gasteiger charge is -2.30. The summed E-state index contributed by atoms with van der Waals surface area (Å²) in [5.41, 5.74) is 2.06. The zero-order valence-electron chi connectivity index (χ0n) is 11.2. The molecule has 1 aliphatic rings. The first-order chi connectivity index (χ1) is 9.31. The molecule has 0 radical (unpaired) electrons. The molecule has 2 aromatic heterocycles. The van der Waals surface area contributed by atoms with E-state index in [1.807, 2.05) is 28.8 Å². The van der Waals surface area contributed by atoms with E-state index in [2.05, 4.69) is 28.4 Å². The monoisotopic (exact) mass is 260 g/mol. The van der Waals surface area contributed by atoms with Crippen molar-refractivity contribution in [2.75, 3.05) is 33.3 Å². The van der Waals surface area contributed by atoms with Crippen LogP contribution in [0.15, 0.2) is 30.6 Å². The van der Waals surface area contributed by atoms with Gasteiger partial charge in [0.1, 0.15) is 5.65 Å². The zero-order valence-corrected chi connectivity index (χ0v) is 11.2. The van der Waals surface area contributed by atoms with Crippen LogP contribution in [-0.2, 0) is 11.3 Å². The lowest BCUT2D eigenvalue weighted by Crippen LogP contribution is -2.44. The Bertz CT molecular complexity index is 506. The van der Waals surface area contributed by atoms with E-state index < -0.39 is 0 Å². The van der Waals surface area contributed by atoms with Gasteiger partial charge in [-0.1, -0.05) is 6.07 Å². The second kappa shape index (κ2) is 5.69. The highest BCUT2D eigenvalue weighted by Crippen LogP contribution is 2.05. The maximum atomic E-state index is 5.72. The Kier molecular flexibility index (Phi) is 3.77. The molecule has 2 aromatic rings. The topological polar surface area (TPSA) is 41.8 Å². The quantitative estimate of drug-likeness (QED) is 0.881. The van der Waals surface area contributed by atoms with E-state index in [1.54, 1.807) is 0 Å². The van der Waals surface area contributed by atoms with E-state index in [0.29, 0.717) is 0 Å². The molecule has 0 spiro atoms. The largest absolute Gasteiger partial charge is 0.374 e. The average molecular weight is 260 g/mol. The SMILES string of the molecule is CN1CCOC(CNCc2cn3ccccc3n2)C1. The highest BCUT2D eigenvalue weighted by molar-refractivity contribution is 5.39. The van der Waals surface area contributed by atoms with Gasteiger partial charge in [-0.3, -0.25) is 0 Å². The predicted octanol–water partition coefficient (Wildman–Crippen LogP) is 0.754. The minimum atomic E-state index is 0.288. The number of fused-ring (bicyclic) bond motifs is 1. The normalized spacial score (nSPS) is 21.0. The van der Waals surface area contributed by atoms with Gasteiger partial charge in [0.25, 0.3) is 0 Å². The van der Waals surface area contributed by atoms with Crippen molar-refractivity contribution in [3.05, 3.63) is 36.3 Å². The van der Waals surface area contributed by atoms with Crippen LogP contribution in [0.25, 0.3) is 5.65 Å². The van der Waals surface area contributed by atoms with Gasteiger partial charge in [-0.2, -0.15) is 0 Å². The predicted molar refractivity (Wildman–Crippen MR) is 74.1 cm³/mol. The minimum Gasteiger partial charge on any atom is -0.374 e. The van der Waals surface area contributed by atoms with Gasteiger partial charge in [-0.15, -0.1) is 0 Å². The van der Waals surface area contributed by atoms with Crippen LogP contribution in [0.3, 0.4) is 0 Å². The number of ether oxygens (including phenoxy) is 1. The van der Waals surface area contributed by atoms with Gasteiger partial charge in [0.15, 0.2) is 0 Å². The number of nitrogens with zero attached hydrogens (tertiary/aromatic N) is 3. The Labute approximate surface area is 113 Å². The van der Waals surface area contributed by atoms with Crippen molar-refractivity contribution in [2.24, 2.45) is 0 Å². The fraction of sp³-hybridized carbons (Fsp3) is 0.500. The van der Waals surface area contributed by atoms with Crippen LogP contribution >= 0.6 is 0 Å². The molecule has 1 unspecified atom stereocenters. The number of imidazole rings is 1. The molecular formula is C14H20N4O. The summed E-state index contributed by atoms with van der Waals surface area (Å²) >= 11 is 0. The Morgan fingerprint density at radius 1 is 1.47 bits per heavy atom. The van der Waals surface area contributed by atoms with Crippen LogP contribution in [0.1, 0.15) is 5.69 Å². The highest BCUT2D eigenvalue weighted by Gasteiger charge is 2.16. The molecule has 5 heteroatoms. The van der Waals surface area contributed by atoms with Crippen LogP contribution in [0.5, 0.6) is 0 Å². The standard InChI is InChI=1S/C14H20N4O/c1-17-6-7-19-13(11-17)9-15-8-12-10-18-5-3-2-4-14(18)16-12/h2-5,10,13,15H,6-9,11H2,1H3. The summed E-state index contributed by atoms with van der Waals surface area (Å²) in [6.45, 7) is 4.52. The summed E-state index contributed by atoms with van der Waals surface area (Å²) in [5, 5.41) is 3.43. The minimum absolute atomic E-state index is 0.288. The van der Waals surface area contributed by atoms with E-state index in [1.165, 1.54) is 0 Å². The number of likely N-dealkylation sites (N-methyl/N-ethyl adjacent to an activating group) is 1. The average Bonchev–Trinajstić information content (AvgIpc) is 2.81. The lowest BCUT2D eigenvalue weighted by molar-refractivity contribution is -0.0182. The number of morpholine rings is 1. The molecule has 1 fully saturated rings. The van der Waals surface area contributed by atoms with E-state index in [-0.39, 0.29) is 6.10 Å². The first-order valence-electron chi connectivity index (χ1n) is 6.75. The van der Waals surface area contributed by atoms with Crippen molar-refractivity contribution in [3.8, 4) is 0 Å². The summed E-state index contributed by atoms with van der Waals surface area (Å²) in [7, 11) is 2.14. The first kappa shape index (κ1) is 12.6. The van der Waals surface area contributed by atoms with Crippen LogP contribution in [-0.4, -0.2) is 53.7 Å². The molecule has 0 aliphatic carbocycles. The summed E-state index contributed by atoms with van der Waals surface area (Å²) < 4.78 is 7.76. The number of hydrogen-bond donors (Lipinski definition) is 1. The number of hydrogen-bond acceptors (Lipinski definition) is 4. The van der Waals surface area contributed by atoms with E-state index in [9.17, 15) is 0 Å². The van der Waals surface area contributed by atoms with Crippen LogP contribution in [0.2, 0.25) is 0 Å². The van der Waals surface area contributed by atoms with E-state index in [4.69, 9.17) is 4.74 Å². The van der Waals surface area contributed by atoms with Gasteiger partial charge in [0.2, 0.25) is 0 Å². The summed E-state index contributed by atoms with van der Waals surface area (Å²) in [6.07, 6.45) is 4.37. The molecular weight excluding hydrogens is 240 g/mol. The fourth-order valence-electron chi connectivity index (χ4n) is 2.42. The zero-order chi connectivity index (χ0) is 13.1. The van der Waals surface area contributed by atoms with E-state index >= 15 is 0 Å². The Balaban J connectivity index is 1.51. The van der Waals surface area contributed by atoms with Crippen molar-refractivity contribution < 1.29 is 4.74 Å². The number of nitrogens with one attached hydrogen (secondary N) is 1. The molecule has 0 aromatic carbocycles. The van der Waals surface area contributed by atoms with Gasteiger partial charge in [-0.25, -0.2) is 4.98 Å². The Morgan fingerprint density at radius 3 is 3.26 bits per heavy atom. The van der Waals surface area contributed by atoms with Crippen molar-refractivity contribution in [1.82, 2.24) is 19.6 Å². The number of pyridine rings is 1. The lowest BCUT2D eigenvalue weighted by atomic mass is 10.3. The van der Waals surface area contributed by atoms with Gasteiger partial charge < -0.3 is 19.4 Å². The van der Waals surface area contributed by atoms with Crippen molar-refractivity contribution in [1.29, 1.82) is 0 Å². The van der Waals surface area contributed by atoms with Gasteiger partial charge in [0.05, 0.1) is 18.4 Å². The molecule has 0 amide bonds. The van der Waals surface area contributed by atoms with Crippen molar-refractivity contribution in [3.63, 3.8) is 0 Å². The molecule has 3 heterocycles. The van der Waals surface area contributed by atoms with Crippen LogP contribution < -0.4 is 5.32 Å². The smallest absolute Gasteiger partial charge is 0.137 e. The third kappa shape index (κ3) is 3.12. The van der Waals surface area contributed by atoms with Crippen molar-refractivity contribution >= 4 is 5.65 Å². The third-order valence-corrected chi connectivity index (χ3v) is 3.43. The molecule has 19 heavy (non-hydrogen) atoms. The van der Waals surface area contributed by atoms with Gasteiger partial charge in [0, 0.05) is 38.6 Å². The molecule has 1 N–H and O–H groups in total. The maximum absolute atomic E-state index is 5.72. The fourth-order valence-corrected chi connectivity index (χ4v) is 2.42. The molecule has 5 nitrogen and oxygen atoms in total. The summed E-state index contributed by atoms with van der Waals surface area (Å²) in [6, 6.07) is 6.03. The molecule has 1 atom stereocenters. The molecule has 3 rings (SSSR count). The molecule has 0 bridgehead atoms. The van der Waals surface area contributed by atoms with Crippen LogP contribution in [0.4, 0.5) is 0 Å². The Hall–Kier alpha value is -1.43. The maximum Gasteiger partial charge on any atom is 0.137 e. The van der Waals surface area contributed by atoms with Crippen LogP contribution in [0, 0.1) is 0 Å². The summed E-state index contributed by atoms with van der Waals surface area (Å²) in [5.74, 6) is 0.